The maximum atomic E-state index is 4.43. The fraction of sp³-hybridized carbons (Fsp3) is 0.267. The minimum absolute atomic E-state index is 0.731. The van der Waals surface area contributed by atoms with Gasteiger partial charge in [-0.15, -0.1) is 0 Å². The molecule has 0 aliphatic heterocycles. The van der Waals surface area contributed by atoms with Gasteiger partial charge in [0.25, 0.3) is 0 Å². The average molecular weight is 284 g/mol. The number of H-pyrrole nitrogens is 1. The molecule has 1 aromatic carbocycles. The lowest BCUT2D eigenvalue weighted by Crippen LogP contribution is -1.90. The molecule has 0 saturated heterocycles. The van der Waals surface area contributed by atoms with Gasteiger partial charge in [0.05, 0.1) is 6.20 Å². The number of nitrogens with one attached hydrogen (secondary N) is 1. The van der Waals surface area contributed by atoms with E-state index in [4.69, 9.17) is 0 Å². The van der Waals surface area contributed by atoms with Crippen molar-refractivity contribution >= 4 is 22.9 Å². The summed E-state index contributed by atoms with van der Waals surface area (Å²) in [6.45, 7) is 2.18. The van der Waals surface area contributed by atoms with E-state index in [0.29, 0.717) is 0 Å². The van der Waals surface area contributed by atoms with Crippen LogP contribution in [0.4, 0.5) is 0 Å². The third-order valence-corrected chi connectivity index (χ3v) is 4.08. The second-order valence-corrected chi connectivity index (χ2v) is 5.65. The molecular formula is C15H16N4S. The van der Waals surface area contributed by atoms with Crippen LogP contribution in [-0.2, 0) is 12.8 Å². The zero-order valence-electron chi connectivity index (χ0n) is 11.3. The summed E-state index contributed by atoms with van der Waals surface area (Å²) in [4.78, 5) is 15.8. The molecule has 0 spiro atoms. The van der Waals surface area contributed by atoms with Crippen molar-refractivity contribution in [2.45, 2.75) is 24.9 Å². The number of hydrogen-bond donors (Lipinski definition) is 1. The van der Waals surface area contributed by atoms with E-state index in [1.54, 1.807) is 18.0 Å². The van der Waals surface area contributed by atoms with E-state index < -0.39 is 0 Å². The first-order valence-corrected chi connectivity index (χ1v) is 7.70. The van der Waals surface area contributed by atoms with Gasteiger partial charge in [-0.05, 0) is 24.0 Å². The average Bonchev–Trinajstić information content (AvgIpc) is 2.90. The Morgan fingerprint density at radius 1 is 1.15 bits per heavy atom. The summed E-state index contributed by atoms with van der Waals surface area (Å²) in [5.41, 5.74) is 4.37. The Kier molecular flexibility index (Phi) is 3.97. The molecule has 2 aromatic heterocycles. The van der Waals surface area contributed by atoms with Crippen molar-refractivity contribution in [2.75, 3.05) is 5.75 Å². The Balaban J connectivity index is 1.58. The summed E-state index contributed by atoms with van der Waals surface area (Å²) in [5.74, 6) is 0.999. The van der Waals surface area contributed by atoms with Crippen molar-refractivity contribution < 1.29 is 0 Å². The molecule has 0 fully saturated rings. The number of nitrogens with zero attached hydrogens (tertiary/aromatic N) is 3. The minimum Gasteiger partial charge on any atom is -0.330 e. The van der Waals surface area contributed by atoms with Crippen LogP contribution in [0.15, 0.2) is 41.9 Å². The number of aromatic amines is 1. The quantitative estimate of drug-likeness (QED) is 0.731. The number of benzene rings is 1. The molecule has 3 rings (SSSR count). The van der Waals surface area contributed by atoms with Gasteiger partial charge in [-0.3, -0.25) is 0 Å². The normalized spacial score (nSPS) is 11.1. The number of fused-ring (bicyclic) bond motifs is 1. The first-order chi connectivity index (χ1) is 9.85. The molecule has 102 valence electrons. The van der Waals surface area contributed by atoms with Gasteiger partial charge >= 0.3 is 0 Å². The lowest BCUT2D eigenvalue weighted by Gasteiger charge is -2.01. The maximum absolute atomic E-state index is 4.43. The summed E-state index contributed by atoms with van der Waals surface area (Å²) >= 11 is 1.72. The molecule has 0 aliphatic rings. The molecule has 0 amide bonds. The summed E-state index contributed by atoms with van der Waals surface area (Å²) in [5, 5.41) is 0.908. The standard InChI is InChI=1S/C15H16N4S/c1-2-11-3-5-12(6-4-11)7-8-20-15-18-13-9-16-10-17-14(13)19-15/h3-6,9-10H,2,7-8H2,1H3,(H,16,17,18,19). The van der Waals surface area contributed by atoms with Gasteiger partial charge in [0.2, 0.25) is 0 Å². The molecule has 0 aliphatic carbocycles. The van der Waals surface area contributed by atoms with Gasteiger partial charge in [0.15, 0.2) is 10.8 Å². The lowest BCUT2D eigenvalue weighted by molar-refractivity contribution is 1.06. The van der Waals surface area contributed by atoms with Crippen LogP contribution in [0, 0.1) is 0 Å². The fourth-order valence-electron chi connectivity index (χ4n) is 2.02. The summed E-state index contributed by atoms with van der Waals surface area (Å²) in [7, 11) is 0. The second-order valence-electron chi connectivity index (χ2n) is 4.57. The zero-order chi connectivity index (χ0) is 13.8. The molecule has 5 heteroatoms. The van der Waals surface area contributed by atoms with Crippen LogP contribution in [0.5, 0.6) is 0 Å². The highest BCUT2D eigenvalue weighted by Gasteiger charge is 2.04. The number of aryl methyl sites for hydroxylation is 2. The third-order valence-electron chi connectivity index (χ3n) is 3.20. The van der Waals surface area contributed by atoms with E-state index in [2.05, 4.69) is 51.1 Å². The maximum Gasteiger partial charge on any atom is 0.181 e. The molecule has 0 atom stereocenters. The third kappa shape index (κ3) is 2.99. The van der Waals surface area contributed by atoms with E-state index in [9.17, 15) is 0 Å². The molecule has 0 unspecified atom stereocenters. The van der Waals surface area contributed by atoms with E-state index in [1.165, 1.54) is 17.5 Å². The molecule has 2 heterocycles. The summed E-state index contributed by atoms with van der Waals surface area (Å²) < 4.78 is 0. The summed E-state index contributed by atoms with van der Waals surface area (Å²) in [6.07, 6.45) is 5.40. The molecule has 20 heavy (non-hydrogen) atoms. The topological polar surface area (TPSA) is 54.5 Å². The Bertz CT molecular complexity index is 657. The largest absolute Gasteiger partial charge is 0.330 e. The zero-order valence-corrected chi connectivity index (χ0v) is 12.2. The summed E-state index contributed by atoms with van der Waals surface area (Å²) in [6, 6.07) is 8.83. The number of hydrogen-bond acceptors (Lipinski definition) is 4. The van der Waals surface area contributed by atoms with Crippen LogP contribution in [0.3, 0.4) is 0 Å². The van der Waals surface area contributed by atoms with Gasteiger partial charge < -0.3 is 4.98 Å². The molecule has 1 N–H and O–H groups in total. The first kappa shape index (κ1) is 13.1. The van der Waals surface area contributed by atoms with Crippen molar-refractivity contribution in [3.05, 3.63) is 47.9 Å². The lowest BCUT2D eigenvalue weighted by atomic mass is 10.1. The predicted molar refractivity (Wildman–Crippen MR) is 81.9 cm³/mol. The van der Waals surface area contributed by atoms with E-state index in [-0.39, 0.29) is 0 Å². The fourth-order valence-corrected chi connectivity index (χ4v) is 2.88. The van der Waals surface area contributed by atoms with Gasteiger partial charge in [-0.1, -0.05) is 43.0 Å². The van der Waals surface area contributed by atoms with E-state index >= 15 is 0 Å². The van der Waals surface area contributed by atoms with E-state index in [0.717, 1.165) is 34.9 Å². The van der Waals surface area contributed by atoms with Crippen molar-refractivity contribution in [1.82, 2.24) is 19.9 Å². The first-order valence-electron chi connectivity index (χ1n) is 6.71. The van der Waals surface area contributed by atoms with Crippen LogP contribution in [0.25, 0.3) is 11.2 Å². The van der Waals surface area contributed by atoms with Crippen molar-refractivity contribution in [3.63, 3.8) is 0 Å². The number of imidazole rings is 1. The number of aromatic nitrogens is 4. The van der Waals surface area contributed by atoms with Crippen LogP contribution in [0.1, 0.15) is 18.1 Å². The SMILES string of the molecule is CCc1ccc(CCSc2nc3ncncc3[nH]2)cc1. The van der Waals surface area contributed by atoms with Crippen LogP contribution < -0.4 is 0 Å². The Morgan fingerprint density at radius 2 is 1.95 bits per heavy atom. The molecule has 0 saturated carbocycles. The Labute approximate surface area is 122 Å². The van der Waals surface area contributed by atoms with Crippen LogP contribution in [0.2, 0.25) is 0 Å². The minimum atomic E-state index is 0.731. The molecule has 0 bridgehead atoms. The smallest absolute Gasteiger partial charge is 0.181 e. The Morgan fingerprint density at radius 3 is 2.70 bits per heavy atom. The second kappa shape index (κ2) is 6.05. The van der Waals surface area contributed by atoms with Crippen LogP contribution in [-0.4, -0.2) is 25.7 Å². The van der Waals surface area contributed by atoms with Crippen molar-refractivity contribution in [1.29, 1.82) is 0 Å². The highest BCUT2D eigenvalue weighted by molar-refractivity contribution is 7.99. The van der Waals surface area contributed by atoms with Gasteiger partial charge in [-0.2, -0.15) is 0 Å². The van der Waals surface area contributed by atoms with Crippen molar-refractivity contribution in [2.24, 2.45) is 0 Å². The molecule has 4 nitrogen and oxygen atoms in total. The molecule has 0 radical (unpaired) electrons. The Hall–Kier alpha value is -1.88. The van der Waals surface area contributed by atoms with Crippen molar-refractivity contribution in [3.8, 4) is 0 Å². The van der Waals surface area contributed by atoms with Gasteiger partial charge in [-0.25, -0.2) is 15.0 Å². The van der Waals surface area contributed by atoms with Gasteiger partial charge in [0, 0.05) is 5.75 Å². The molecular weight excluding hydrogens is 268 g/mol. The predicted octanol–water partition coefficient (Wildman–Crippen LogP) is 3.25. The van der Waals surface area contributed by atoms with Crippen LogP contribution >= 0.6 is 11.8 Å². The highest BCUT2D eigenvalue weighted by atomic mass is 32.2. The number of rotatable bonds is 5. The van der Waals surface area contributed by atoms with Gasteiger partial charge in [0.1, 0.15) is 11.8 Å². The highest BCUT2D eigenvalue weighted by Crippen LogP contribution is 2.18. The monoisotopic (exact) mass is 284 g/mol. The molecule has 3 aromatic rings. The van der Waals surface area contributed by atoms with E-state index in [1.807, 2.05) is 0 Å². The number of thioether (sulfide) groups is 1.